The molecule has 0 spiro atoms. The number of methoxy groups -OCH3 is 1. The second-order valence-electron chi connectivity index (χ2n) is 5.06. The van der Waals surface area contributed by atoms with Crippen molar-refractivity contribution in [3.05, 3.63) is 59.7 Å². The zero-order valence-electron chi connectivity index (χ0n) is 13.0. The Balaban J connectivity index is 1.83. The summed E-state index contributed by atoms with van der Waals surface area (Å²) in [6.07, 6.45) is -3.64. The minimum absolute atomic E-state index is 0.280. The van der Waals surface area contributed by atoms with Crippen molar-refractivity contribution >= 4 is 23.0 Å². The molecule has 0 aliphatic heterocycles. The molecule has 0 amide bonds. The fourth-order valence-corrected chi connectivity index (χ4v) is 2.28. The summed E-state index contributed by atoms with van der Waals surface area (Å²) in [5.41, 5.74) is 0.686. The molecule has 0 aliphatic rings. The van der Waals surface area contributed by atoms with Crippen LogP contribution in [0.2, 0.25) is 0 Å². The highest BCUT2D eigenvalue weighted by molar-refractivity contribution is 7.80. The predicted octanol–water partition coefficient (Wildman–Crippen LogP) is 4.24. The number of hydrogen-bond acceptors (Lipinski definition) is 2. The van der Waals surface area contributed by atoms with Crippen LogP contribution in [0.15, 0.2) is 48.5 Å². The number of alkyl halides is 3. The molecule has 0 saturated heterocycles. The largest absolute Gasteiger partial charge is 0.497 e. The van der Waals surface area contributed by atoms with Crippen LogP contribution in [0.3, 0.4) is 0 Å². The summed E-state index contributed by atoms with van der Waals surface area (Å²) >= 11 is 5.10. The SMILES string of the molecule is COc1ccc(CCNC(=S)Nc2cccc(C(F)(F)F)c2)cc1. The third-order valence-corrected chi connectivity index (χ3v) is 3.55. The number of ether oxygens (including phenoxy) is 1. The van der Waals surface area contributed by atoms with Gasteiger partial charge in [0.1, 0.15) is 5.75 Å². The average molecular weight is 354 g/mol. The van der Waals surface area contributed by atoms with Crippen molar-refractivity contribution in [2.45, 2.75) is 12.6 Å². The molecule has 0 atom stereocenters. The Labute approximate surface area is 143 Å². The topological polar surface area (TPSA) is 33.3 Å². The minimum Gasteiger partial charge on any atom is -0.497 e. The molecule has 3 nitrogen and oxygen atoms in total. The number of halogens is 3. The van der Waals surface area contributed by atoms with E-state index in [1.165, 1.54) is 12.1 Å². The Hall–Kier alpha value is -2.28. The van der Waals surface area contributed by atoms with Crippen molar-refractivity contribution in [3.63, 3.8) is 0 Å². The van der Waals surface area contributed by atoms with Gasteiger partial charge in [0, 0.05) is 12.2 Å². The van der Waals surface area contributed by atoms with Gasteiger partial charge in [0.05, 0.1) is 12.7 Å². The summed E-state index contributed by atoms with van der Waals surface area (Å²) in [6, 6.07) is 12.6. The quantitative estimate of drug-likeness (QED) is 0.787. The van der Waals surface area contributed by atoms with Crippen LogP contribution in [0.4, 0.5) is 18.9 Å². The average Bonchev–Trinajstić information content (AvgIpc) is 2.55. The maximum atomic E-state index is 12.7. The number of hydrogen-bond donors (Lipinski definition) is 2. The molecule has 2 aromatic carbocycles. The van der Waals surface area contributed by atoms with Crippen molar-refractivity contribution in [2.75, 3.05) is 19.0 Å². The van der Waals surface area contributed by atoms with Crippen LogP contribution in [0, 0.1) is 0 Å². The first-order chi connectivity index (χ1) is 11.4. The maximum absolute atomic E-state index is 12.7. The second-order valence-corrected chi connectivity index (χ2v) is 5.47. The predicted molar refractivity (Wildman–Crippen MR) is 92.4 cm³/mol. The van der Waals surface area contributed by atoms with Gasteiger partial charge in [0.2, 0.25) is 0 Å². The standard InChI is InChI=1S/C17H17F3N2OS/c1-23-15-7-5-12(6-8-15)9-10-21-16(24)22-14-4-2-3-13(11-14)17(18,19)20/h2-8,11H,9-10H2,1H3,(H2,21,22,24). The Kier molecular flexibility index (Phi) is 6.03. The molecule has 7 heteroatoms. The number of benzene rings is 2. The molecule has 0 aromatic heterocycles. The fraction of sp³-hybridized carbons (Fsp3) is 0.235. The first-order valence-corrected chi connectivity index (χ1v) is 7.64. The lowest BCUT2D eigenvalue weighted by molar-refractivity contribution is -0.137. The molecule has 24 heavy (non-hydrogen) atoms. The normalized spacial score (nSPS) is 11.0. The number of rotatable bonds is 5. The lowest BCUT2D eigenvalue weighted by atomic mass is 10.1. The van der Waals surface area contributed by atoms with Crippen LogP contribution < -0.4 is 15.4 Å². The van der Waals surface area contributed by atoms with Crippen molar-refractivity contribution in [1.82, 2.24) is 5.32 Å². The smallest absolute Gasteiger partial charge is 0.416 e. The maximum Gasteiger partial charge on any atom is 0.416 e. The Morgan fingerprint density at radius 1 is 1.12 bits per heavy atom. The van der Waals surface area contributed by atoms with Gasteiger partial charge in [0.15, 0.2) is 5.11 Å². The van der Waals surface area contributed by atoms with Gasteiger partial charge in [-0.1, -0.05) is 18.2 Å². The highest BCUT2D eigenvalue weighted by Crippen LogP contribution is 2.30. The molecule has 2 N–H and O–H groups in total. The highest BCUT2D eigenvalue weighted by atomic mass is 32.1. The molecule has 0 unspecified atom stereocenters. The van der Waals surface area contributed by atoms with Crippen molar-refractivity contribution < 1.29 is 17.9 Å². The van der Waals surface area contributed by atoms with Crippen molar-refractivity contribution in [3.8, 4) is 5.75 Å². The van der Waals surface area contributed by atoms with Gasteiger partial charge in [0.25, 0.3) is 0 Å². The molecule has 2 rings (SSSR count). The molecular weight excluding hydrogens is 337 g/mol. The molecule has 0 saturated carbocycles. The van der Waals surface area contributed by atoms with Gasteiger partial charge in [-0.3, -0.25) is 0 Å². The minimum atomic E-state index is -4.37. The Bertz CT molecular complexity index is 687. The van der Waals surface area contributed by atoms with Crippen LogP contribution in [0.25, 0.3) is 0 Å². The Morgan fingerprint density at radius 2 is 1.83 bits per heavy atom. The number of anilines is 1. The Morgan fingerprint density at radius 3 is 2.46 bits per heavy atom. The van der Waals surface area contributed by atoms with Gasteiger partial charge >= 0.3 is 6.18 Å². The number of nitrogens with one attached hydrogen (secondary N) is 2. The summed E-state index contributed by atoms with van der Waals surface area (Å²) in [5.74, 6) is 0.786. The summed E-state index contributed by atoms with van der Waals surface area (Å²) < 4.78 is 43.1. The van der Waals surface area contributed by atoms with Gasteiger partial charge in [-0.25, -0.2) is 0 Å². The van der Waals surface area contributed by atoms with Gasteiger partial charge in [-0.15, -0.1) is 0 Å². The molecule has 0 heterocycles. The van der Waals surface area contributed by atoms with E-state index in [0.717, 1.165) is 29.9 Å². The van der Waals surface area contributed by atoms with E-state index >= 15 is 0 Å². The van der Waals surface area contributed by atoms with Crippen LogP contribution in [-0.2, 0) is 12.6 Å². The molecule has 128 valence electrons. The highest BCUT2D eigenvalue weighted by Gasteiger charge is 2.30. The van der Waals surface area contributed by atoms with Crippen molar-refractivity contribution in [2.24, 2.45) is 0 Å². The molecule has 0 bridgehead atoms. The van der Waals surface area contributed by atoms with Crippen LogP contribution in [0.5, 0.6) is 5.75 Å². The molecule has 2 aromatic rings. The monoisotopic (exact) mass is 354 g/mol. The van der Waals surface area contributed by atoms with Crippen molar-refractivity contribution in [1.29, 1.82) is 0 Å². The zero-order chi connectivity index (χ0) is 17.6. The summed E-state index contributed by atoms with van der Waals surface area (Å²) in [4.78, 5) is 0. The molecule has 0 radical (unpaired) electrons. The number of thiocarbonyl (C=S) groups is 1. The lowest BCUT2D eigenvalue weighted by Crippen LogP contribution is -2.30. The van der Waals surface area contributed by atoms with E-state index < -0.39 is 11.7 Å². The lowest BCUT2D eigenvalue weighted by Gasteiger charge is -2.13. The zero-order valence-corrected chi connectivity index (χ0v) is 13.8. The summed E-state index contributed by atoms with van der Waals surface area (Å²) in [5, 5.41) is 6.01. The first kappa shape index (κ1) is 18.1. The third-order valence-electron chi connectivity index (χ3n) is 3.31. The first-order valence-electron chi connectivity index (χ1n) is 7.23. The molecule has 0 fully saturated rings. The van der Waals surface area contributed by atoms with Crippen LogP contribution in [-0.4, -0.2) is 18.8 Å². The summed E-state index contributed by atoms with van der Waals surface area (Å²) in [7, 11) is 1.61. The van der Waals surface area contributed by atoms with E-state index in [2.05, 4.69) is 10.6 Å². The van der Waals surface area contributed by atoms with E-state index in [4.69, 9.17) is 17.0 Å². The van der Waals surface area contributed by atoms with Crippen LogP contribution >= 0.6 is 12.2 Å². The van der Waals surface area contributed by atoms with Gasteiger partial charge in [-0.2, -0.15) is 13.2 Å². The van der Waals surface area contributed by atoms with E-state index in [-0.39, 0.29) is 5.11 Å². The van der Waals surface area contributed by atoms with Gasteiger partial charge < -0.3 is 15.4 Å². The second kappa shape index (κ2) is 8.01. The molecule has 0 aliphatic carbocycles. The van der Waals surface area contributed by atoms with E-state index in [0.29, 0.717) is 12.2 Å². The van der Waals surface area contributed by atoms with E-state index in [1.807, 2.05) is 24.3 Å². The van der Waals surface area contributed by atoms with Gasteiger partial charge in [-0.05, 0) is 54.5 Å². The van der Waals surface area contributed by atoms with Crippen LogP contribution in [0.1, 0.15) is 11.1 Å². The third kappa shape index (κ3) is 5.42. The molecular formula is C17H17F3N2OS. The summed E-state index contributed by atoms with van der Waals surface area (Å²) in [6.45, 7) is 0.567. The van der Waals surface area contributed by atoms with E-state index in [1.54, 1.807) is 7.11 Å². The van der Waals surface area contributed by atoms with E-state index in [9.17, 15) is 13.2 Å². The fourth-order valence-electron chi connectivity index (χ4n) is 2.06.